The Morgan fingerprint density at radius 1 is 1.30 bits per heavy atom. The second-order valence-electron chi connectivity index (χ2n) is 4.11. The molecule has 3 rings (SSSR count). The highest BCUT2D eigenvalue weighted by atomic mass is 35.5. The fraction of sp³-hybridized carbons (Fsp3) is 0.0714. The van der Waals surface area contributed by atoms with Gasteiger partial charge in [0.2, 0.25) is 0 Å². The van der Waals surface area contributed by atoms with Gasteiger partial charge in [-0.05, 0) is 18.2 Å². The van der Waals surface area contributed by atoms with E-state index in [0.717, 1.165) is 16.6 Å². The summed E-state index contributed by atoms with van der Waals surface area (Å²) in [6.45, 7) is 0. The Kier molecular flexibility index (Phi) is 3.62. The first-order valence-electron chi connectivity index (χ1n) is 5.93. The van der Waals surface area contributed by atoms with Crippen molar-refractivity contribution in [2.24, 2.45) is 0 Å². The van der Waals surface area contributed by atoms with Gasteiger partial charge in [0.15, 0.2) is 5.13 Å². The molecular weight excluding hydrogens is 294 g/mol. The van der Waals surface area contributed by atoms with E-state index >= 15 is 0 Å². The molecule has 0 aliphatic rings. The molecule has 100 valence electrons. The second-order valence-corrected chi connectivity index (χ2v) is 5.23. The molecular formula is C14H10ClN3OS. The van der Waals surface area contributed by atoms with Crippen molar-refractivity contribution >= 4 is 44.9 Å². The minimum Gasteiger partial charge on any atom is -0.298 e. The van der Waals surface area contributed by atoms with E-state index in [2.05, 4.69) is 15.3 Å². The Hall–Kier alpha value is -1.98. The lowest BCUT2D eigenvalue weighted by atomic mass is 10.1. The van der Waals surface area contributed by atoms with Crippen LogP contribution >= 0.6 is 22.9 Å². The standard InChI is InChI=1S/C14H10ClN3OS/c15-7-9-8-20-14(17-9)18-13(19)11-3-1-5-12-10(11)4-2-6-16-12/h1-6,8H,7H2,(H,17,18,19). The van der Waals surface area contributed by atoms with Gasteiger partial charge in [-0.15, -0.1) is 22.9 Å². The van der Waals surface area contributed by atoms with Crippen LogP contribution in [0.2, 0.25) is 0 Å². The number of hydrogen-bond donors (Lipinski definition) is 1. The van der Waals surface area contributed by atoms with Crippen molar-refractivity contribution < 1.29 is 4.79 Å². The molecule has 20 heavy (non-hydrogen) atoms. The van der Waals surface area contributed by atoms with Crippen LogP contribution in [-0.2, 0) is 5.88 Å². The van der Waals surface area contributed by atoms with Gasteiger partial charge in [-0.3, -0.25) is 15.1 Å². The summed E-state index contributed by atoms with van der Waals surface area (Å²) in [5, 5.41) is 5.98. The molecule has 4 nitrogen and oxygen atoms in total. The molecule has 1 N–H and O–H groups in total. The molecule has 0 unspecified atom stereocenters. The number of halogens is 1. The summed E-state index contributed by atoms with van der Waals surface area (Å²) in [5.41, 5.74) is 2.13. The average Bonchev–Trinajstić information content (AvgIpc) is 2.94. The number of thiazole rings is 1. The van der Waals surface area contributed by atoms with Gasteiger partial charge in [-0.2, -0.15) is 0 Å². The summed E-state index contributed by atoms with van der Waals surface area (Å²) >= 11 is 7.05. The third-order valence-corrected chi connectivity index (χ3v) is 3.88. The molecule has 0 aliphatic carbocycles. The monoisotopic (exact) mass is 303 g/mol. The molecule has 0 bridgehead atoms. The Balaban J connectivity index is 1.92. The maximum Gasteiger partial charge on any atom is 0.258 e. The number of benzene rings is 1. The molecule has 2 heterocycles. The predicted molar refractivity (Wildman–Crippen MR) is 81.4 cm³/mol. The number of carbonyl (C=O) groups is 1. The first-order valence-corrected chi connectivity index (χ1v) is 7.35. The zero-order valence-electron chi connectivity index (χ0n) is 10.3. The molecule has 0 aliphatic heterocycles. The molecule has 0 radical (unpaired) electrons. The molecule has 0 fully saturated rings. The largest absolute Gasteiger partial charge is 0.298 e. The van der Waals surface area contributed by atoms with Crippen LogP contribution in [0.3, 0.4) is 0 Å². The maximum absolute atomic E-state index is 12.3. The Morgan fingerprint density at radius 3 is 3.00 bits per heavy atom. The number of aromatic nitrogens is 2. The van der Waals surface area contributed by atoms with E-state index < -0.39 is 0 Å². The summed E-state index contributed by atoms with van der Waals surface area (Å²) in [7, 11) is 0. The normalized spacial score (nSPS) is 10.7. The van der Waals surface area contributed by atoms with E-state index in [0.29, 0.717) is 16.6 Å². The highest BCUT2D eigenvalue weighted by Crippen LogP contribution is 2.20. The van der Waals surface area contributed by atoms with Crippen LogP contribution in [0.15, 0.2) is 41.9 Å². The van der Waals surface area contributed by atoms with Crippen LogP contribution in [0, 0.1) is 0 Å². The van der Waals surface area contributed by atoms with Crippen LogP contribution in [-0.4, -0.2) is 15.9 Å². The summed E-state index contributed by atoms with van der Waals surface area (Å²) in [5.74, 6) is 0.143. The zero-order valence-corrected chi connectivity index (χ0v) is 11.9. The lowest BCUT2D eigenvalue weighted by molar-refractivity contribution is 0.102. The van der Waals surface area contributed by atoms with E-state index in [9.17, 15) is 4.79 Å². The molecule has 0 saturated heterocycles. The van der Waals surface area contributed by atoms with Crippen LogP contribution in [0.4, 0.5) is 5.13 Å². The number of amides is 1. The van der Waals surface area contributed by atoms with Crippen molar-refractivity contribution in [3.05, 3.63) is 53.2 Å². The molecule has 0 spiro atoms. The van der Waals surface area contributed by atoms with E-state index in [1.807, 2.05) is 29.6 Å². The van der Waals surface area contributed by atoms with Crippen LogP contribution < -0.4 is 5.32 Å². The van der Waals surface area contributed by atoms with E-state index in [1.165, 1.54) is 11.3 Å². The van der Waals surface area contributed by atoms with Crippen LogP contribution in [0.1, 0.15) is 16.1 Å². The van der Waals surface area contributed by atoms with Crippen molar-refractivity contribution in [2.75, 3.05) is 5.32 Å². The number of rotatable bonds is 3. The summed E-state index contributed by atoms with van der Waals surface area (Å²) in [6.07, 6.45) is 1.71. The SMILES string of the molecule is O=C(Nc1nc(CCl)cs1)c1cccc2ncccc12. The zero-order chi connectivity index (χ0) is 13.9. The number of fused-ring (bicyclic) bond motifs is 1. The van der Waals surface area contributed by atoms with E-state index in [4.69, 9.17) is 11.6 Å². The maximum atomic E-state index is 12.3. The smallest absolute Gasteiger partial charge is 0.258 e. The van der Waals surface area contributed by atoms with Crippen molar-refractivity contribution in [1.29, 1.82) is 0 Å². The molecule has 1 aromatic carbocycles. The van der Waals surface area contributed by atoms with Crippen molar-refractivity contribution in [2.45, 2.75) is 5.88 Å². The third-order valence-electron chi connectivity index (χ3n) is 2.80. The first kappa shape index (κ1) is 13.0. The summed E-state index contributed by atoms with van der Waals surface area (Å²) in [6, 6.07) is 9.16. The number of alkyl halides is 1. The van der Waals surface area contributed by atoms with Gasteiger partial charge < -0.3 is 0 Å². The van der Waals surface area contributed by atoms with Crippen LogP contribution in [0.25, 0.3) is 10.9 Å². The number of nitrogens with zero attached hydrogens (tertiary/aromatic N) is 2. The molecule has 2 aromatic heterocycles. The summed E-state index contributed by atoms with van der Waals surface area (Å²) < 4.78 is 0. The molecule has 0 saturated carbocycles. The molecule has 3 aromatic rings. The van der Waals surface area contributed by atoms with Crippen molar-refractivity contribution in [3.8, 4) is 0 Å². The van der Waals surface area contributed by atoms with Gasteiger partial charge >= 0.3 is 0 Å². The lowest BCUT2D eigenvalue weighted by Gasteiger charge is -2.05. The lowest BCUT2D eigenvalue weighted by Crippen LogP contribution is -2.12. The highest BCUT2D eigenvalue weighted by Gasteiger charge is 2.12. The molecule has 6 heteroatoms. The van der Waals surface area contributed by atoms with Gasteiger partial charge in [0.25, 0.3) is 5.91 Å². The fourth-order valence-electron chi connectivity index (χ4n) is 1.89. The van der Waals surface area contributed by atoms with Crippen molar-refractivity contribution in [3.63, 3.8) is 0 Å². The van der Waals surface area contributed by atoms with Gasteiger partial charge in [0.1, 0.15) is 0 Å². The Labute approximate surface area is 124 Å². The number of pyridine rings is 1. The van der Waals surface area contributed by atoms with Gasteiger partial charge in [0.05, 0.1) is 17.1 Å². The summed E-state index contributed by atoms with van der Waals surface area (Å²) in [4.78, 5) is 20.8. The molecule has 0 atom stereocenters. The Bertz CT molecular complexity index is 766. The third kappa shape index (κ3) is 2.50. The van der Waals surface area contributed by atoms with Crippen LogP contribution in [0.5, 0.6) is 0 Å². The van der Waals surface area contributed by atoms with E-state index in [-0.39, 0.29) is 5.91 Å². The number of anilines is 1. The highest BCUT2D eigenvalue weighted by molar-refractivity contribution is 7.14. The fourth-order valence-corrected chi connectivity index (χ4v) is 2.83. The second kappa shape index (κ2) is 5.56. The predicted octanol–water partition coefficient (Wildman–Crippen LogP) is 3.68. The number of hydrogen-bond acceptors (Lipinski definition) is 4. The minimum absolute atomic E-state index is 0.195. The van der Waals surface area contributed by atoms with Gasteiger partial charge in [-0.1, -0.05) is 12.1 Å². The van der Waals surface area contributed by atoms with Gasteiger partial charge in [0, 0.05) is 22.5 Å². The Morgan fingerprint density at radius 2 is 2.20 bits per heavy atom. The first-order chi connectivity index (χ1) is 9.78. The average molecular weight is 304 g/mol. The van der Waals surface area contributed by atoms with Crippen molar-refractivity contribution in [1.82, 2.24) is 9.97 Å². The topological polar surface area (TPSA) is 54.9 Å². The molecule has 1 amide bonds. The number of nitrogens with one attached hydrogen (secondary N) is 1. The van der Waals surface area contributed by atoms with Gasteiger partial charge in [-0.25, -0.2) is 4.98 Å². The van der Waals surface area contributed by atoms with E-state index in [1.54, 1.807) is 12.3 Å². The quantitative estimate of drug-likeness (QED) is 0.751. The minimum atomic E-state index is -0.195. The number of carbonyl (C=O) groups excluding carboxylic acids is 1.